The van der Waals surface area contributed by atoms with Gasteiger partial charge in [0.15, 0.2) is 0 Å². The zero-order chi connectivity index (χ0) is 19.3. The van der Waals surface area contributed by atoms with E-state index in [1.807, 2.05) is 0 Å². The van der Waals surface area contributed by atoms with Crippen LogP contribution in [0, 0.1) is 5.92 Å². The third-order valence-corrected chi connectivity index (χ3v) is 6.39. The highest BCUT2D eigenvalue weighted by molar-refractivity contribution is 5.44. The van der Waals surface area contributed by atoms with Crippen molar-refractivity contribution in [1.82, 2.24) is 4.90 Å². The van der Waals surface area contributed by atoms with E-state index in [-0.39, 0.29) is 0 Å². The summed E-state index contributed by atoms with van der Waals surface area (Å²) in [6.07, 6.45) is 15.5. The quantitative estimate of drug-likeness (QED) is 0.311. The summed E-state index contributed by atoms with van der Waals surface area (Å²) in [5.74, 6) is 0.886. The summed E-state index contributed by atoms with van der Waals surface area (Å²) in [4.78, 5) is 2.71. The van der Waals surface area contributed by atoms with Crippen molar-refractivity contribution in [1.29, 1.82) is 0 Å². The normalized spacial score (nSPS) is 20.0. The number of hydrogen-bond acceptors (Lipinski definition) is 2. The minimum absolute atomic E-state index is 0.711. The monoisotopic (exact) mass is 372 g/mol. The Balaban J connectivity index is 1.65. The highest BCUT2D eigenvalue weighted by Crippen LogP contribution is 2.38. The fraction of sp³-hybridized carbons (Fsp3) is 0.760. The van der Waals surface area contributed by atoms with Gasteiger partial charge in [0.05, 0.1) is 0 Å². The number of hydrogen-bond donors (Lipinski definition) is 1. The number of rotatable bonds is 16. The maximum Gasteiger partial charge on any atom is 0.0342 e. The van der Waals surface area contributed by atoms with Crippen molar-refractivity contribution in [3.05, 3.63) is 30.3 Å². The van der Waals surface area contributed by atoms with E-state index in [2.05, 4.69) is 61.3 Å². The summed E-state index contributed by atoms with van der Waals surface area (Å²) < 4.78 is 0. The van der Waals surface area contributed by atoms with Crippen LogP contribution < -0.4 is 5.32 Å². The first-order chi connectivity index (χ1) is 13.3. The molecule has 2 rings (SSSR count). The van der Waals surface area contributed by atoms with Crippen LogP contribution in [0.3, 0.4) is 0 Å². The molecule has 2 nitrogen and oxygen atoms in total. The second kappa shape index (κ2) is 13.2. The predicted octanol–water partition coefficient (Wildman–Crippen LogP) is 7.12. The molecule has 3 atom stereocenters. The highest BCUT2D eigenvalue weighted by Gasteiger charge is 2.37. The molecule has 0 radical (unpaired) electrons. The maximum absolute atomic E-state index is 3.71. The van der Waals surface area contributed by atoms with Crippen molar-refractivity contribution >= 4 is 5.69 Å². The van der Waals surface area contributed by atoms with E-state index in [9.17, 15) is 0 Å². The number of unbranched alkanes of at least 4 members (excludes halogenated alkanes) is 6. The molecule has 0 aliphatic heterocycles. The summed E-state index contributed by atoms with van der Waals surface area (Å²) in [6.45, 7) is 9.37. The van der Waals surface area contributed by atoms with Crippen LogP contribution in [-0.4, -0.2) is 30.1 Å². The van der Waals surface area contributed by atoms with Gasteiger partial charge in [0.2, 0.25) is 0 Å². The molecule has 1 N–H and O–H groups in total. The first-order valence-electron chi connectivity index (χ1n) is 11.8. The third-order valence-electron chi connectivity index (χ3n) is 6.39. The van der Waals surface area contributed by atoms with Gasteiger partial charge in [-0.1, -0.05) is 83.9 Å². The van der Waals surface area contributed by atoms with Gasteiger partial charge in [-0.2, -0.15) is 0 Å². The summed E-state index contributed by atoms with van der Waals surface area (Å²) in [7, 11) is 0. The Hall–Kier alpha value is -1.02. The van der Waals surface area contributed by atoms with E-state index in [4.69, 9.17) is 0 Å². The largest absolute Gasteiger partial charge is 0.382 e. The van der Waals surface area contributed by atoms with Crippen molar-refractivity contribution in [3.63, 3.8) is 0 Å². The molecule has 1 saturated carbocycles. The van der Waals surface area contributed by atoms with Gasteiger partial charge >= 0.3 is 0 Å². The molecule has 0 saturated heterocycles. The average molecular weight is 373 g/mol. The second-order valence-corrected chi connectivity index (χ2v) is 8.48. The molecule has 2 heteroatoms. The van der Waals surface area contributed by atoms with Gasteiger partial charge in [-0.25, -0.2) is 0 Å². The Kier molecular flexibility index (Phi) is 10.9. The molecule has 1 aliphatic carbocycles. The van der Waals surface area contributed by atoms with Gasteiger partial charge in [-0.15, -0.1) is 0 Å². The Labute approximate surface area is 169 Å². The van der Waals surface area contributed by atoms with E-state index in [0.717, 1.165) is 12.0 Å². The van der Waals surface area contributed by atoms with Gasteiger partial charge in [0.1, 0.15) is 0 Å². The number of benzene rings is 1. The third kappa shape index (κ3) is 8.68. The van der Waals surface area contributed by atoms with E-state index >= 15 is 0 Å². The van der Waals surface area contributed by atoms with Gasteiger partial charge in [-0.3, -0.25) is 0 Å². The Morgan fingerprint density at radius 2 is 1.56 bits per heavy atom. The SMILES string of the molecule is CCCCCCCCCC(CCC1CC1Nc1ccccc1)N(CC)CC. The van der Waals surface area contributed by atoms with Crippen LogP contribution in [0.25, 0.3) is 0 Å². The van der Waals surface area contributed by atoms with Crippen molar-refractivity contribution in [2.75, 3.05) is 18.4 Å². The number of anilines is 1. The fourth-order valence-corrected chi connectivity index (χ4v) is 4.48. The Morgan fingerprint density at radius 1 is 0.889 bits per heavy atom. The van der Waals surface area contributed by atoms with Crippen LogP contribution >= 0.6 is 0 Å². The summed E-state index contributed by atoms with van der Waals surface area (Å²) >= 11 is 0. The van der Waals surface area contributed by atoms with E-state index in [0.29, 0.717) is 6.04 Å². The molecule has 0 bridgehead atoms. The molecule has 1 aromatic carbocycles. The van der Waals surface area contributed by atoms with Crippen molar-refractivity contribution in [3.8, 4) is 0 Å². The second-order valence-electron chi connectivity index (χ2n) is 8.48. The molecule has 1 fully saturated rings. The maximum atomic E-state index is 3.71. The zero-order valence-electron chi connectivity index (χ0n) is 18.3. The van der Waals surface area contributed by atoms with Crippen molar-refractivity contribution in [2.45, 2.75) is 103 Å². The van der Waals surface area contributed by atoms with Crippen LogP contribution in [0.15, 0.2) is 30.3 Å². The molecular weight excluding hydrogens is 328 g/mol. The lowest BCUT2D eigenvalue weighted by Gasteiger charge is -2.30. The van der Waals surface area contributed by atoms with Crippen LogP contribution in [0.4, 0.5) is 5.69 Å². The van der Waals surface area contributed by atoms with Crippen LogP contribution in [-0.2, 0) is 0 Å². The number of nitrogens with one attached hydrogen (secondary N) is 1. The molecule has 0 heterocycles. The van der Waals surface area contributed by atoms with Crippen LogP contribution in [0.5, 0.6) is 0 Å². The lowest BCUT2D eigenvalue weighted by molar-refractivity contribution is 0.187. The summed E-state index contributed by atoms with van der Waals surface area (Å²) in [5.41, 5.74) is 1.29. The van der Waals surface area contributed by atoms with E-state index in [1.165, 1.54) is 89.4 Å². The molecule has 27 heavy (non-hydrogen) atoms. The Morgan fingerprint density at radius 3 is 2.22 bits per heavy atom. The fourth-order valence-electron chi connectivity index (χ4n) is 4.48. The lowest BCUT2D eigenvalue weighted by Crippen LogP contribution is -2.35. The topological polar surface area (TPSA) is 15.3 Å². The van der Waals surface area contributed by atoms with Crippen LogP contribution in [0.2, 0.25) is 0 Å². The first-order valence-corrected chi connectivity index (χ1v) is 11.8. The summed E-state index contributed by atoms with van der Waals surface area (Å²) in [6, 6.07) is 12.2. The standard InChI is InChI=1S/C25H44N2/c1-4-7-8-9-10-11-15-18-24(27(5-2)6-3)20-19-22-21-25(22)26-23-16-13-12-14-17-23/h12-14,16-17,22,24-26H,4-11,15,18-21H2,1-3H3. The summed E-state index contributed by atoms with van der Waals surface area (Å²) in [5, 5.41) is 3.71. The molecule has 3 unspecified atom stereocenters. The van der Waals surface area contributed by atoms with Crippen molar-refractivity contribution in [2.24, 2.45) is 5.92 Å². The number of para-hydroxylation sites is 1. The smallest absolute Gasteiger partial charge is 0.0342 e. The van der Waals surface area contributed by atoms with E-state index in [1.54, 1.807) is 0 Å². The van der Waals surface area contributed by atoms with Crippen LogP contribution in [0.1, 0.15) is 91.4 Å². The minimum atomic E-state index is 0.711. The molecular formula is C25H44N2. The zero-order valence-corrected chi connectivity index (χ0v) is 18.3. The molecule has 0 aromatic heterocycles. The molecule has 1 aliphatic rings. The van der Waals surface area contributed by atoms with E-state index < -0.39 is 0 Å². The minimum Gasteiger partial charge on any atom is -0.382 e. The molecule has 1 aromatic rings. The van der Waals surface area contributed by atoms with Gasteiger partial charge < -0.3 is 10.2 Å². The number of nitrogens with zero attached hydrogens (tertiary/aromatic N) is 1. The predicted molar refractivity (Wildman–Crippen MR) is 121 cm³/mol. The molecule has 0 spiro atoms. The van der Waals surface area contributed by atoms with Gasteiger partial charge in [-0.05, 0) is 56.8 Å². The van der Waals surface area contributed by atoms with Gasteiger partial charge in [0.25, 0.3) is 0 Å². The lowest BCUT2D eigenvalue weighted by atomic mass is 9.99. The first kappa shape index (κ1) is 22.3. The molecule has 0 amide bonds. The average Bonchev–Trinajstić information content (AvgIpc) is 3.44. The van der Waals surface area contributed by atoms with Gasteiger partial charge in [0, 0.05) is 17.8 Å². The highest BCUT2D eigenvalue weighted by atomic mass is 15.1. The van der Waals surface area contributed by atoms with Crippen molar-refractivity contribution < 1.29 is 0 Å². The molecule has 154 valence electrons. The Bertz CT molecular complexity index is 468.